The summed E-state index contributed by atoms with van der Waals surface area (Å²) >= 11 is 1.49. The minimum absolute atomic E-state index is 0.109. The molecule has 27 heavy (non-hydrogen) atoms. The van der Waals surface area contributed by atoms with E-state index in [1.807, 2.05) is 21.7 Å². The van der Waals surface area contributed by atoms with Gasteiger partial charge in [0.25, 0.3) is 5.91 Å². The molecule has 6 heteroatoms. The highest BCUT2D eigenvalue weighted by molar-refractivity contribution is 7.08. The number of carbonyl (C=O) groups is 2. The van der Waals surface area contributed by atoms with E-state index in [0.29, 0.717) is 24.4 Å². The number of H-pyrrole nitrogens is 1. The molecule has 1 aliphatic rings. The fraction of sp³-hybridized carbons (Fsp3) is 0.333. The first-order chi connectivity index (χ1) is 13.2. The van der Waals surface area contributed by atoms with Gasteiger partial charge in [-0.1, -0.05) is 18.2 Å². The number of para-hydroxylation sites is 1. The molecule has 4 rings (SSSR count). The molecule has 0 atom stereocenters. The Morgan fingerprint density at radius 3 is 2.78 bits per heavy atom. The van der Waals surface area contributed by atoms with Crippen LogP contribution in [-0.4, -0.2) is 41.3 Å². The van der Waals surface area contributed by atoms with Crippen LogP contribution in [0, 0.1) is 0 Å². The van der Waals surface area contributed by atoms with Gasteiger partial charge < -0.3 is 15.2 Å². The number of nitrogens with zero attached hydrogens (tertiary/aromatic N) is 1. The second-order valence-corrected chi connectivity index (χ2v) is 7.74. The largest absolute Gasteiger partial charge is 0.361 e. The van der Waals surface area contributed by atoms with Crippen LogP contribution < -0.4 is 5.32 Å². The van der Waals surface area contributed by atoms with Crippen molar-refractivity contribution in [2.45, 2.75) is 25.2 Å². The maximum absolute atomic E-state index is 12.4. The predicted molar refractivity (Wildman–Crippen MR) is 108 cm³/mol. The Morgan fingerprint density at radius 1 is 1.19 bits per heavy atom. The second kappa shape index (κ2) is 7.96. The second-order valence-electron chi connectivity index (χ2n) is 6.96. The van der Waals surface area contributed by atoms with Crippen molar-refractivity contribution in [3.63, 3.8) is 0 Å². The van der Waals surface area contributed by atoms with E-state index in [1.165, 1.54) is 27.8 Å². The molecule has 0 radical (unpaired) electrons. The smallest absolute Gasteiger partial charge is 0.252 e. The van der Waals surface area contributed by atoms with Crippen LogP contribution in [0.4, 0.5) is 0 Å². The van der Waals surface area contributed by atoms with Gasteiger partial charge in [0.15, 0.2) is 0 Å². The lowest BCUT2D eigenvalue weighted by atomic mass is 9.89. The average Bonchev–Trinajstić information content (AvgIpc) is 3.38. The number of hydrogen-bond donors (Lipinski definition) is 2. The molecule has 0 bridgehead atoms. The number of benzene rings is 1. The van der Waals surface area contributed by atoms with E-state index in [2.05, 4.69) is 34.7 Å². The van der Waals surface area contributed by atoms with Crippen molar-refractivity contribution in [2.75, 3.05) is 19.6 Å². The zero-order chi connectivity index (χ0) is 18.6. The molecule has 2 aromatic heterocycles. The standard InChI is InChI=1S/C21H23N3O2S/c25-20(5-9-22-21(26)16-8-12-27-14-16)24-10-6-15(7-11-24)18-13-23-19-4-2-1-3-17(18)19/h1-4,8,12-15,23H,5-7,9-11H2,(H,22,26). The van der Waals surface area contributed by atoms with E-state index in [4.69, 9.17) is 0 Å². The molecule has 0 unspecified atom stereocenters. The maximum atomic E-state index is 12.4. The van der Waals surface area contributed by atoms with Gasteiger partial charge in [-0.15, -0.1) is 0 Å². The normalized spacial score (nSPS) is 15.2. The highest BCUT2D eigenvalue weighted by Crippen LogP contribution is 2.33. The third-order valence-corrected chi connectivity index (χ3v) is 6.00. The van der Waals surface area contributed by atoms with Crippen LogP contribution in [0.3, 0.4) is 0 Å². The van der Waals surface area contributed by atoms with Gasteiger partial charge in [0.05, 0.1) is 0 Å². The minimum Gasteiger partial charge on any atom is -0.361 e. The molecule has 1 saturated heterocycles. The molecular weight excluding hydrogens is 358 g/mol. The molecule has 0 saturated carbocycles. The summed E-state index contributed by atoms with van der Waals surface area (Å²) in [5, 5.41) is 7.80. The summed E-state index contributed by atoms with van der Waals surface area (Å²) in [7, 11) is 0. The molecule has 3 heterocycles. The van der Waals surface area contributed by atoms with Crippen LogP contribution in [0.15, 0.2) is 47.3 Å². The van der Waals surface area contributed by atoms with E-state index in [9.17, 15) is 9.59 Å². The Morgan fingerprint density at radius 2 is 2.00 bits per heavy atom. The number of aromatic nitrogens is 1. The van der Waals surface area contributed by atoms with Crippen LogP contribution in [0.2, 0.25) is 0 Å². The molecule has 1 aliphatic heterocycles. The number of fused-ring (bicyclic) bond motifs is 1. The van der Waals surface area contributed by atoms with Gasteiger partial charge in [0, 0.05) is 54.1 Å². The third kappa shape index (κ3) is 3.90. The molecule has 3 aromatic rings. The summed E-state index contributed by atoms with van der Waals surface area (Å²) < 4.78 is 0. The molecule has 2 amide bonds. The number of amides is 2. The number of likely N-dealkylation sites (tertiary alicyclic amines) is 1. The Hall–Kier alpha value is -2.60. The molecule has 140 valence electrons. The summed E-state index contributed by atoms with van der Waals surface area (Å²) in [5.41, 5.74) is 3.19. The first kappa shape index (κ1) is 17.8. The number of aromatic amines is 1. The van der Waals surface area contributed by atoms with Crippen LogP contribution in [0.25, 0.3) is 10.9 Å². The van der Waals surface area contributed by atoms with Gasteiger partial charge >= 0.3 is 0 Å². The minimum atomic E-state index is -0.109. The van der Waals surface area contributed by atoms with Gasteiger partial charge in [-0.05, 0) is 41.8 Å². The summed E-state index contributed by atoms with van der Waals surface area (Å²) in [5.74, 6) is 0.503. The molecule has 1 fully saturated rings. The van der Waals surface area contributed by atoms with Crippen molar-refractivity contribution >= 4 is 34.1 Å². The van der Waals surface area contributed by atoms with E-state index < -0.39 is 0 Å². The van der Waals surface area contributed by atoms with Gasteiger partial charge in [-0.2, -0.15) is 11.3 Å². The molecule has 1 aromatic carbocycles. The van der Waals surface area contributed by atoms with Crippen molar-refractivity contribution in [1.82, 2.24) is 15.2 Å². The number of rotatable bonds is 5. The summed E-state index contributed by atoms with van der Waals surface area (Å²) in [6, 6.07) is 10.2. The summed E-state index contributed by atoms with van der Waals surface area (Å²) in [4.78, 5) is 29.6. The fourth-order valence-corrected chi connectivity index (χ4v) is 4.44. The Balaban J connectivity index is 1.26. The van der Waals surface area contributed by atoms with Gasteiger partial charge in [-0.25, -0.2) is 0 Å². The molecule has 0 aliphatic carbocycles. The molecular formula is C21H23N3O2S. The van der Waals surface area contributed by atoms with E-state index >= 15 is 0 Å². The molecule has 0 spiro atoms. The van der Waals surface area contributed by atoms with E-state index in [0.717, 1.165) is 25.9 Å². The van der Waals surface area contributed by atoms with Crippen LogP contribution in [0.5, 0.6) is 0 Å². The van der Waals surface area contributed by atoms with Crippen molar-refractivity contribution in [1.29, 1.82) is 0 Å². The maximum Gasteiger partial charge on any atom is 0.252 e. The first-order valence-corrected chi connectivity index (χ1v) is 10.3. The highest BCUT2D eigenvalue weighted by Gasteiger charge is 2.25. The Kier molecular flexibility index (Phi) is 5.25. The van der Waals surface area contributed by atoms with Gasteiger partial charge in [-0.3, -0.25) is 9.59 Å². The Bertz CT molecular complexity index is 924. The van der Waals surface area contributed by atoms with E-state index in [-0.39, 0.29) is 11.8 Å². The van der Waals surface area contributed by atoms with Crippen LogP contribution >= 0.6 is 11.3 Å². The van der Waals surface area contributed by atoms with Crippen LogP contribution in [-0.2, 0) is 4.79 Å². The zero-order valence-corrected chi connectivity index (χ0v) is 15.9. The highest BCUT2D eigenvalue weighted by atomic mass is 32.1. The van der Waals surface area contributed by atoms with Gasteiger partial charge in [0.1, 0.15) is 0 Å². The van der Waals surface area contributed by atoms with E-state index in [1.54, 1.807) is 6.07 Å². The predicted octanol–water partition coefficient (Wildman–Crippen LogP) is 3.76. The summed E-state index contributed by atoms with van der Waals surface area (Å²) in [6.07, 6.45) is 4.43. The zero-order valence-electron chi connectivity index (χ0n) is 15.1. The Labute approximate surface area is 162 Å². The number of hydrogen-bond acceptors (Lipinski definition) is 3. The lowest BCUT2D eigenvalue weighted by Crippen LogP contribution is -2.39. The lowest BCUT2D eigenvalue weighted by Gasteiger charge is -2.32. The molecule has 2 N–H and O–H groups in total. The monoisotopic (exact) mass is 381 g/mol. The van der Waals surface area contributed by atoms with Crippen molar-refractivity contribution in [2.24, 2.45) is 0 Å². The topological polar surface area (TPSA) is 65.2 Å². The quantitative estimate of drug-likeness (QED) is 0.707. The number of nitrogens with one attached hydrogen (secondary N) is 2. The average molecular weight is 382 g/mol. The third-order valence-electron chi connectivity index (χ3n) is 5.32. The molecule has 5 nitrogen and oxygen atoms in total. The lowest BCUT2D eigenvalue weighted by molar-refractivity contribution is -0.132. The van der Waals surface area contributed by atoms with Crippen molar-refractivity contribution < 1.29 is 9.59 Å². The summed E-state index contributed by atoms with van der Waals surface area (Å²) in [6.45, 7) is 1.94. The number of carbonyl (C=O) groups excluding carboxylic acids is 2. The fourth-order valence-electron chi connectivity index (χ4n) is 3.81. The SMILES string of the molecule is O=C(NCCC(=O)N1CCC(c2c[nH]c3ccccc23)CC1)c1ccsc1. The van der Waals surface area contributed by atoms with Crippen molar-refractivity contribution in [3.05, 3.63) is 58.4 Å². The van der Waals surface area contributed by atoms with Crippen molar-refractivity contribution in [3.8, 4) is 0 Å². The van der Waals surface area contributed by atoms with Gasteiger partial charge in [0.2, 0.25) is 5.91 Å². The number of thiophene rings is 1. The van der Waals surface area contributed by atoms with Crippen LogP contribution in [0.1, 0.15) is 41.1 Å². The number of piperidine rings is 1. The first-order valence-electron chi connectivity index (χ1n) is 9.36.